The zero-order chi connectivity index (χ0) is 14.7. The minimum absolute atomic E-state index is 0.0353. The fraction of sp³-hybridized carbons (Fsp3) is 0.533. The number of hydrogen-bond acceptors (Lipinski definition) is 4. The number of likely N-dealkylation sites (tertiary alicyclic amines) is 1. The summed E-state index contributed by atoms with van der Waals surface area (Å²) in [5, 5.41) is 0. The van der Waals surface area contributed by atoms with Gasteiger partial charge in [-0.05, 0) is 24.5 Å². The molecule has 1 aliphatic rings. The number of carbonyl (C=O) groups excluding carboxylic acids is 1. The third-order valence-corrected chi connectivity index (χ3v) is 3.94. The molecule has 1 aliphatic heterocycles. The largest absolute Gasteiger partial charge is 0.497 e. The number of nitrogens with two attached hydrogens (primary N) is 1. The summed E-state index contributed by atoms with van der Waals surface area (Å²) in [5.41, 5.74) is 6.61. The molecule has 0 aliphatic carbocycles. The van der Waals surface area contributed by atoms with Gasteiger partial charge in [-0.1, -0.05) is 6.92 Å². The smallest absolute Gasteiger partial charge is 0.257 e. The topological polar surface area (TPSA) is 64.8 Å². The van der Waals surface area contributed by atoms with Crippen molar-refractivity contribution in [2.75, 3.05) is 27.3 Å². The summed E-state index contributed by atoms with van der Waals surface area (Å²) < 4.78 is 10.4. The van der Waals surface area contributed by atoms with Crippen molar-refractivity contribution in [2.45, 2.75) is 19.4 Å². The highest BCUT2D eigenvalue weighted by molar-refractivity contribution is 5.97. The second-order valence-corrected chi connectivity index (χ2v) is 5.25. The van der Waals surface area contributed by atoms with E-state index in [9.17, 15) is 4.79 Å². The molecule has 2 N–H and O–H groups in total. The van der Waals surface area contributed by atoms with Crippen LogP contribution in [0.2, 0.25) is 0 Å². The minimum atomic E-state index is -0.0353. The summed E-state index contributed by atoms with van der Waals surface area (Å²) in [6.07, 6.45) is 0.936. The van der Waals surface area contributed by atoms with Gasteiger partial charge in [0, 0.05) is 25.2 Å². The van der Waals surface area contributed by atoms with Gasteiger partial charge < -0.3 is 20.1 Å². The predicted octanol–water partition coefficient (Wildman–Crippen LogP) is 1.51. The lowest BCUT2D eigenvalue weighted by atomic mass is 9.94. The molecule has 2 unspecified atom stereocenters. The molecule has 1 amide bonds. The first-order valence-corrected chi connectivity index (χ1v) is 6.83. The first kappa shape index (κ1) is 14.7. The number of nitrogens with zero attached hydrogens (tertiary/aromatic N) is 1. The van der Waals surface area contributed by atoms with E-state index in [0.29, 0.717) is 29.5 Å². The summed E-state index contributed by atoms with van der Waals surface area (Å²) >= 11 is 0. The van der Waals surface area contributed by atoms with Gasteiger partial charge >= 0.3 is 0 Å². The summed E-state index contributed by atoms with van der Waals surface area (Å²) in [6, 6.07) is 5.27. The number of methoxy groups -OCH3 is 2. The Labute approximate surface area is 119 Å². The Morgan fingerprint density at radius 3 is 2.70 bits per heavy atom. The van der Waals surface area contributed by atoms with Gasteiger partial charge in [-0.25, -0.2) is 0 Å². The highest BCUT2D eigenvalue weighted by Crippen LogP contribution is 2.27. The molecular formula is C15H22N2O3. The van der Waals surface area contributed by atoms with Crippen molar-refractivity contribution in [2.24, 2.45) is 11.7 Å². The molecule has 1 fully saturated rings. The molecule has 20 heavy (non-hydrogen) atoms. The third kappa shape index (κ3) is 2.88. The molecule has 110 valence electrons. The van der Waals surface area contributed by atoms with Crippen LogP contribution in [0.1, 0.15) is 23.7 Å². The minimum Gasteiger partial charge on any atom is -0.497 e. The van der Waals surface area contributed by atoms with Crippen molar-refractivity contribution in [3.63, 3.8) is 0 Å². The fourth-order valence-corrected chi connectivity index (χ4v) is 2.43. The molecule has 0 bridgehead atoms. The molecule has 1 aromatic rings. The molecule has 0 aromatic heterocycles. The molecule has 0 saturated carbocycles. The van der Waals surface area contributed by atoms with Crippen molar-refractivity contribution in [1.82, 2.24) is 4.90 Å². The molecular weight excluding hydrogens is 256 g/mol. The van der Waals surface area contributed by atoms with Crippen LogP contribution in [0.3, 0.4) is 0 Å². The Hall–Kier alpha value is -1.75. The van der Waals surface area contributed by atoms with Gasteiger partial charge in [0.2, 0.25) is 0 Å². The van der Waals surface area contributed by atoms with Gasteiger partial charge in [0.15, 0.2) is 0 Å². The summed E-state index contributed by atoms with van der Waals surface area (Å²) in [4.78, 5) is 14.4. The van der Waals surface area contributed by atoms with E-state index < -0.39 is 0 Å². The number of amides is 1. The maximum absolute atomic E-state index is 12.6. The van der Waals surface area contributed by atoms with E-state index in [1.165, 1.54) is 0 Å². The SMILES string of the molecule is COc1ccc(C(=O)N2CCC(C)C(N)C2)c(OC)c1. The van der Waals surface area contributed by atoms with E-state index in [1.807, 2.05) is 0 Å². The Morgan fingerprint density at radius 1 is 1.35 bits per heavy atom. The van der Waals surface area contributed by atoms with Gasteiger partial charge in [0.25, 0.3) is 5.91 Å². The molecule has 2 atom stereocenters. The second kappa shape index (κ2) is 6.13. The van der Waals surface area contributed by atoms with Crippen molar-refractivity contribution < 1.29 is 14.3 Å². The quantitative estimate of drug-likeness (QED) is 0.910. The highest BCUT2D eigenvalue weighted by atomic mass is 16.5. The fourth-order valence-electron chi connectivity index (χ4n) is 2.43. The van der Waals surface area contributed by atoms with E-state index in [2.05, 4.69) is 6.92 Å². The number of benzene rings is 1. The van der Waals surface area contributed by atoms with E-state index in [4.69, 9.17) is 15.2 Å². The Kier molecular flexibility index (Phi) is 4.49. The standard InChI is InChI=1S/C15H22N2O3/c1-10-6-7-17(9-13(10)16)15(18)12-5-4-11(19-2)8-14(12)20-3/h4-5,8,10,13H,6-7,9,16H2,1-3H3. The molecule has 2 rings (SSSR count). The lowest BCUT2D eigenvalue weighted by Crippen LogP contribution is -2.49. The van der Waals surface area contributed by atoms with Gasteiger partial charge in [-0.15, -0.1) is 0 Å². The van der Waals surface area contributed by atoms with Crippen LogP contribution in [0.4, 0.5) is 0 Å². The van der Waals surface area contributed by atoms with Gasteiger partial charge in [-0.3, -0.25) is 4.79 Å². The van der Waals surface area contributed by atoms with Crippen LogP contribution in [0.15, 0.2) is 18.2 Å². The number of piperidine rings is 1. The molecule has 0 radical (unpaired) electrons. The maximum atomic E-state index is 12.6. The van der Waals surface area contributed by atoms with Crippen LogP contribution in [0, 0.1) is 5.92 Å². The van der Waals surface area contributed by atoms with Crippen molar-refractivity contribution in [3.05, 3.63) is 23.8 Å². The van der Waals surface area contributed by atoms with Gasteiger partial charge in [0.05, 0.1) is 19.8 Å². The average molecular weight is 278 g/mol. The molecule has 0 spiro atoms. The first-order valence-electron chi connectivity index (χ1n) is 6.83. The normalized spacial score (nSPS) is 22.5. The molecule has 5 nitrogen and oxygen atoms in total. The monoisotopic (exact) mass is 278 g/mol. The number of hydrogen-bond donors (Lipinski definition) is 1. The number of rotatable bonds is 3. The summed E-state index contributed by atoms with van der Waals surface area (Å²) in [7, 11) is 3.14. The van der Waals surface area contributed by atoms with E-state index in [-0.39, 0.29) is 11.9 Å². The number of carbonyl (C=O) groups is 1. The molecule has 1 heterocycles. The lowest BCUT2D eigenvalue weighted by Gasteiger charge is -2.35. The third-order valence-electron chi connectivity index (χ3n) is 3.94. The van der Waals surface area contributed by atoms with Gasteiger partial charge in [0.1, 0.15) is 11.5 Å². The van der Waals surface area contributed by atoms with E-state index >= 15 is 0 Å². The number of ether oxygens (including phenoxy) is 2. The van der Waals surface area contributed by atoms with Crippen molar-refractivity contribution in [1.29, 1.82) is 0 Å². The van der Waals surface area contributed by atoms with Crippen LogP contribution in [-0.2, 0) is 0 Å². The summed E-state index contributed by atoms with van der Waals surface area (Å²) in [5.74, 6) is 1.62. The average Bonchev–Trinajstić information content (AvgIpc) is 2.48. The molecule has 1 saturated heterocycles. The predicted molar refractivity (Wildman–Crippen MR) is 77.2 cm³/mol. The molecule has 5 heteroatoms. The van der Waals surface area contributed by atoms with Gasteiger partial charge in [-0.2, -0.15) is 0 Å². The Balaban J connectivity index is 2.20. The highest BCUT2D eigenvalue weighted by Gasteiger charge is 2.28. The van der Waals surface area contributed by atoms with Crippen LogP contribution in [-0.4, -0.2) is 44.2 Å². The summed E-state index contributed by atoms with van der Waals surface area (Å²) in [6.45, 7) is 3.46. The molecule has 1 aromatic carbocycles. The first-order chi connectivity index (χ1) is 9.56. The maximum Gasteiger partial charge on any atom is 0.257 e. The zero-order valence-electron chi connectivity index (χ0n) is 12.3. The van der Waals surface area contributed by atoms with Crippen LogP contribution in [0.25, 0.3) is 0 Å². The van der Waals surface area contributed by atoms with Crippen LogP contribution < -0.4 is 15.2 Å². The van der Waals surface area contributed by atoms with E-state index in [0.717, 1.165) is 13.0 Å². The second-order valence-electron chi connectivity index (χ2n) is 5.25. The van der Waals surface area contributed by atoms with Crippen molar-refractivity contribution >= 4 is 5.91 Å². The van der Waals surface area contributed by atoms with Crippen LogP contribution >= 0.6 is 0 Å². The van der Waals surface area contributed by atoms with Crippen LogP contribution in [0.5, 0.6) is 11.5 Å². The lowest BCUT2D eigenvalue weighted by molar-refractivity contribution is 0.0669. The zero-order valence-corrected chi connectivity index (χ0v) is 12.3. The van der Waals surface area contributed by atoms with Crippen molar-refractivity contribution in [3.8, 4) is 11.5 Å². The van der Waals surface area contributed by atoms with E-state index in [1.54, 1.807) is 37.3 Å². The Morgan fingerprint density at radius 2 is 2.10 bits per heavy atom. The Bertz CT molecular complexity index is 490.